The molecule has 2 rings (SSSR count). The van der Waals surface area contributed by atoms with Crippen molar-refractivity contribution in [1.82, 2.24) is 14.9 Å². The van der Waals surface area contributed by atoms with Crippen LogP contribution >= 0.6 is 0 Å². The van der Waals surface area contributed by atoms with E-state index < -0.39 is 0 Å². The number of carbonyl (C=O) groups is 1. The van der Waals surface area contributed by atoms with Crippen LogP contribution in [-0.4, -0.2) is 53.6 Å². The van der Waals surface area contributed by atoms with Gasteiger partial charge in [-0.1, -0.05) is 6.92 Å². The molecule has 0 spiro atoms. The quantitative estimate of drug-likeness (QED) is 0.888. The summed E-state index contributed by atoms with van der Waals surface area (Å²) in [6, 6.07) is 1.96. The molecule has 2 unspecified atom stereocenters. The molecule has 1 fully saturated rings. The van der Waals surface area contributed by atoms with Gasteiger partial charge in [0.2, 0.25) is 0 Å². The number of anilines is 1. The minimum atomic E-state index is -0.301. The molecule has 2 heterocycles. The fraction of sp³-hybridized carbons (Fsp3) is 0.667. The van der Waals surface area contributed by atoms with Gasteiger partial charge in [-0.25, -0.2) is 9.97 Å². The lowest BCUT2D eigenvalue weighted by Crippen LogP contribution is -2.34. The van der Waals surface area contributed by atoms with Gasteiger partial charge < -0.3 is 15.0 Å². The first-order valence-corrected chi connectivity index (χ1v) is 7.44. The Morgan fingerprint density at radius 2 is 2.19 bits per heavy atom. The Labute approximate surface area is 125 Å². The predicted octanol–water partition coefficient (Wildman–Crippen LogP) is 1.40. The Morgan fingerprint density at radius 3 is 2.86 bits per heavy atom. The Balaban J connectivity index is 1.87. The van der Waals surface area contributed by atoms with Crippen molar-refractivity contribution in [3.63, 3.8) is 0 Å². The topological polar surface area (TPSA) is 67.4 Å². The molecular formula is C15H24N4O2. The number of aromatic nitrogens is 2. The van der Waals surface area contributed by atoms with E-state index in [0.29, 0.717) is 6.54 Å². The number of likely N-dealkylation sites (N-methyl/N-ethyl adjacent to an activating group) is 1. The molecule has 6 heteroatoms. The maximum atomic E-state index is 11.9. The molecule has 0 aliphatic carbocycles. The van der Waals surface area contributed by atoms with Crippen LogP contribution in [0.15, 0.2) is 6.07 Å². The largest absolute Gasteiger partial charge is 0.367 e. The molecule has 1 aromatic rings. The van der Waals surface area contributed by atoms with E-state index in [4.69, 9.17) is 4.74 Å². The number of carbonyl (C=O) groups excluding carboxylic acids is 1. The summed E-state index contributed by atoms with van der Waals surface area (Å²) in [6.07, 6.45) is 2.32. The molecule has 1 saturated heterocycles. The van der Waals surface area contributed by atoms with Crippen molar-refractivity contribution in [2.24, 2.45) is 0 Å². The van der Waals surface area contributed by atoms with Gasteiger partial charge in [0.05, 0.1) is 6.10 Å². The summed E-state index contributed by atoms with van der Waals surface area (Å²) in [5.74, 6) is 1.64. The highest BCUT2D eigenvalue weighted by molar-refractivity contribution is 5.80. The molecule has 0 aromatic carbocycles. The SMILES string of the molecule is CCc1cc(NCC2CCC(C(=O)N(C)C)O2)nc(C)n1. The van der Waals surface area contributed by atoms with E-state index in [1.54, 1.807) is 19.0 Å². The van der Waals surface area contributed by atoms with Crippen molar-refractivity contribution in [1.29, 1.82) is 0 Å². The van der Waals surface area contributed by atoms with Crippen LogP contribution in [0, 0.1) is 6.92 Å². The molecule has 6 nitrogen and oxygen atoms in total. The maximum Gasteiger partial charge on any atom is 0.251 e. The van der Waals surface area contributed by atoms with Crippen LogP contribution in [0.2, 0.25) is 0 Å². The maximum absolute atomic E-state index is 11.9. The third-order valence-electron chi connectivity index (χ3n) is 3.59. The summed E-state index contributed by atoms with van der Waals surface area (Å²) < 4.78 is 5.80. The second-order valence-corrected chi connectivity index (χ2v) is 5.58. The first-order valence-electron chi connectivity index (χ1n) is 7.44. The number of amides is 1. The van der Waals surface area contributed by atoms with Crippen LogP contribution in [0.5, 0.6) is 0 Å². The summed E-state index contributed by atoms with van der Waals surface area (Å²) in [5.41, 5.74) is 1.03. The predicted molar refractivity (Wildman–Crippen MR) is 81.2 cm³/mol. The fourth-order valence-electron chi connectivity index (χ4n) is 2.45. The van der Waals surface area contributed by atoms with E-state index in [1.165, 1.54) is 0 Å². The van der Waals surface area contributed by atoms with Crippen molar-refractivity contribution in [2.75, 3.05) is 26.0 Å². The zero-order valence-electron chi connectivity index (χ0n) is 13.2. The van der Waals surface area contributed by atoms with Gasteiger partial charge in [-0.3, -0.25) is 4.79 Å². The van der Waals surface area contributed by atoms with Crippen LogP contribution in [-0.2, 0) is 16.0 Å². The molecule has 0 saturated carbocycles. The lowest BCUT2D eigenvalue weighted by atomic mass is 10.2. The fourth-order valence-corrected chi connectivity index (χ4v) is 2.45. The normalized spacial score (nSPS) is 21.3. The highest BCUT2D eigenvalue weighted by Crippen LogP contribution is 2.21. The Bertz CT molecular complexity index is 504. The zero-order chi connectivity index (χ0) is 15.4. The third-order valence-corrected chi connectivity index (χ3v) is 3.59. The number of ether oxygens (including phenoxy) is 1. The van der Waals surface area contributed by atoms with E-state index in [9.17, 15) is 4.79 Å². The molecule has 1 aliphatic heterocycles. The number of nitrogens with zero attached hydrogens (tertiary/aromatic N) is 3. The Morgan fingerprint density at radius 1 is 1.43 bits per heavy atom. The molecule has 0 radical (unpaired) electrons. The minimum absolute atomic E-state index is 0.0450. The van der Waals surface area contributed by atoms with Crippen LogP contribution in [0.4, 0.5) is 5.82 Å². The Hall–Kier alpha value is -1.69. The molecule has 1 amide bonds. The van der Waals surface area contributed by atoms with Crippen molar-refractivity contribution in [3.05, 3.63) is 17.6 Å². The second-order valence-electron chi connectivity index (χ2n) is 5.58. The molecule has 1 aliphatic rings. The van der Waals surface area contributed by atoms with Gasteiger partial charge in [0.25, 0.3) is 5.91 Å². The molecule has 116 valence electrons. The van der Waals surface area contributed by atoms with Crippen molar-refractivity contribution >= 4 is 11.7 Å². The average molecular weight is 292 g/mol. The molecule has 1 N–H and O–H groups in total. The van der Waals surface area contributed by atoms with Gasteiger partial charge in [-0.05, 0) is 26.2 Å². The third kappa shape index (κ3) is 4.14. The summed E-state index contributed by atoms with van der Waals surface area (Å²) >= 11 is 0. The molecule has 1 aromatic heterocycles. The molecular weight excluding hydrogens is 268 g/mol. The van der Waals surface area contributed by atoms with E-state index >= 15 is 0 Å². The van der Waals surface area contributed by atoms with Gasteiger partial charge >= 0.3 is 0 Å². The van der Waals surface area contributed by atoms with Gasteiger partial charge in [0, 0.05) is 32.4 Å². The van der Waals surface area contributed by atoms with E-state index in [-0.39, 0.29) is 18.1 Å². The minimum Gasteiger partial charge on any atom is -0.367 e. The van der Waals surface area contributed by atoms with Crippen LogP contribution in [0.25, 0.3) is 0 Å². The van der Waals surface area contributed by atoms with Crippen molar-refractivity contribution in [2.45, 2.75) is 45.3 Å². The highest BCUT2D eigenvalue weighted by Gasteiger charge is 2.31. The van der Waals surface area contributed by atoms with Crippen LogP contribution < -0.4 is 5.32 Å². The summed E-state index contributed by atoms with van der Waals surface area (Å²) in [6.45, 7) is 4.63. The zero-order valence-corrected chi connectivity index (χ0v) is 13.2. The van der Waals surface area contributed by atoms with Crippen molar-refractivity contribution < 1.29 is 9.53 Å². The smallest absolute Gasteiger partial charge is 0.251 e. The van der Waals surface area contributed by atoms with E-state index in [2.05, 4.69) is 22.2 Å². The van der Waals surface area contributed by atoms with E-state index in [1.807, 2.05) is 13.0 Å². The number of hydrogen-bond acceptors (Lipinski definition) is 5. The van der Waals surface area contributed by atoms with Crippen LogP contribution in [0.1, 0.15) is 31.3 Å². The second kappa shape index (κ2) is 6.85. The molecule has 2 atom stereocenters. The average Bonchev–Trinajstić information content (AvgIpc) is 2.92. The first-order chi connectivity index (χ1) is 9.99. The van der Waals surface area contributed by atoms with E-state index in [0.717, 1.165) is 36.6 Å². The van der Waals surface area contributed by atoms with Crippen molar-refractivity contribution in [3.8, 4) is 0 Å². The van der Waals surface area contributed by atoms with Gasteiger partial charge in [-0.2, -0.15) is 0 Å². The number of rotatable bonds is 5. The molecule has 21 heavy (non-hydrogen) atoms. The lowest BCUT2D eigenvalue weighted by molar-refractivity contribution is -0.140. The highest BCUT2D eigenvalue weighted by atomic mass is 16.5. The number of hydrogen-bond donors (Lipinski definition) is 1. The summed E-state index contributed by atoms with van der Waals surface area (Å²) in [4.78, 5) is 22.2. The van der Waals surface area contributed by atoms with Crippen LogP contribution in [0.3, 0.4) is 0 Å². The summed E-state index contributed by atoms with van der Waals surface area (Å²) in [5, 5.41) is 3.29. The lowest BCUT2D eigenvalue weighted by Gasteiger charge is -2.17. The number of aryl methyl sites for hydroxylation is 2. The monoisotopic (exact) mass is 292 g/mol. The first kappa shape index (κ1) is 15.7. The standard InChI is InChI=1S/C15H24N4O2/c1-5-11-8-14(18-10(2)17-11)16-9-12-6-7-13(21-12)15(20)19(3)4/h8,12-13H,5-7,9H2,1-4H3,(H,16,17,18). The molecule has 0 bridgehead atoms. The van der Waals surface area contributed by atoms with Gasteiger partial charge in [0.1, 0.15) is 17.7 Å². The Kier molecular flexibility index (Phi) is 5.12. The number of nitrogens with one attached hydrogen (secondary N) is 1. The van der Waals surface area contributed by atoms with Gasteiger partial charge in [0.15, 0.2) is 0 Å². The van der Waals surface area contributed by atoms with Gasteiger partial charge in [-0.15, -0.1) is 0 Å². The summed E-state index contributed by atoms with van der Waals surface area (Å²) in [7, 11) is 3.51.